The van der Waals surface area contributed by atoms with Gasteiger partial charge in [0.1, 0.15) is 0 Å². The average molecular weight is 275 g/mol. The van der Waals surface area contributed by atoms with E-state index in [9.17, 15) is 4.79 Å². The van der Waals surface area contributed by atoms with Gasteiger partial charge in [-0.2, -0.15) is 0 Å². The van der Waals surface area contributed by atoms with E-state index < -0.39 is 0 Å². The van der Waals surface area contributed by atoms with E-state index in [1.807, 2.05) is 4.90 Å². The van der Waals surface area contributed by atoms with Crippen molar-refractivity contribution in [3.63, 3.8) is 0 Å². The summed E-state index contributed by atoms with van der Waals surface area (Å²) >= 11 is 0. The molecule has 1 N–H and O–H groups in total. The number of benzene rings is 1. The maximum absolute atomic E-state index is 12.4. The van der Waals surface area contributed by atoms with Gasteiger partial charge in [-0.1, -0.05) is 43.7 Å². The number of aliphatic hydroxyl groups is 1. The summed E-state index contributed by atoms with van der Waals surface area (Å²) in [6.45, 7) is 7.99. The summed E-state index contributed by atoms with van der Waals surface area (Å²) in [5.74, 6) is 0.466. The number of amides is 1. The van der Waals surface area contributed by atoms with Crippen LogP contribution >= 0.6 is 0 Å². The van der Waals surface area contributed by atoms with Crippen molar-refractivity contribution in [1.82, 2.24) is 4.90 Å². The Morgan fingerprint density at radius 1 is 1.35 bits per heavy atom. The van der Waals surface area contributed by atoms with Crippen LogP contribution in [0.5, 0.6) is 0 Å². The predicted molar refractivity (Wildman–Crippen MR) is 80.6 cm³/mol. The zero-order chi connectivity index (χ0) is 14.8. The molecular formula is C17H25NO2. The van der Waals surface area contributed by atoms with E-state index in [1.54, 1.807) is 0 Å². The fraction of sp³-hybridized carbons (Fsp3) is 0.588. The smallest absolute Gasteiger partial charge is 0.223 e. The van der Waals surface area contributed by atoms with Crippen molar-refractivity contribution >= 4 is 5.91 Å². The molecule has 1 aromatic rings. The Labute approximate surface area is 121 Å². The number of nitrogens with zero attached hydrogens (tertiary/aromatic N) is 1. The van der Waals surface area contributed by atoms with Crippen LogP contribution in [0.1, 0.15) is 37.8 Å². The predicted octanol–water partition coefficient (Wildman–Crippen LogP) is 2.50. The molecule has 1 atom stereocenters. The Morgan fingerprint density at radius 3 is 2.55 bits per heavy atom. The van der Waals surface area contributed by atoms with Crippen LogP contribution in [0.15, 0.2) is 24.3 Å². The van der Waals surface area contributed by atoms with Crippen molar-refractivity contribution in [3.05, 3.63) is 35.4 Å². The van der Waals surface area contributed by atoms with E-state index in [4.69, 9.17) is 5.11 Å². The number of hydrogen-bond donors (Lipinski definition) is 1. The van der Waals surface area contributed by atoms with Crippen LogP contribution in [0.4, 0.5) is 0 Å². The third kappa shape index (κ3) is 3.40. The molecule has 1 aliphatic heterocycles. The topological polar surface area (TPSA) is 40.5 Å². The van der Waals surface area contributed by atoms with Gasteiger partial charge in [0.2, 0.25) is 5.91 Å². The van der Waals surface area contributed by atoms with E-state index in [0.29, 0.717) is 13.0 Å². The number of likely N-dealkylation sites (tertiary alicyclic amines) is 1. The second-order valence-electron chi connectivity index (χ2n) is 6.60. The summed E-state index contributed by atoms with van der Waals surface area (Å²) in [6, 6.07) is 8.42. The average Bonchev–Trinajstić information content (AvgIpc) is 2.87. The fourth-order valence-corrected chi connectivity index (χ4v) is 2.80. The second kappa shape index (κ2) is 5.96. The maximum atomic E-state index is 12.4. The highest BCUT2D eigenvalue weighted by Gasteiger charge is 2.30. The molecule has 0 aliphatic carbocycles. The molecule has 0 radical (unpaired) electrons. The minimum atomic E-state index is -0.151. The van der Waals surface area contributed by atoms with Gasteiger partial charge in [0.25, 0.3) is 0 Å². The monoisotopic (exact) mass is 275 g/mol. The Bertz CT molecular complexity index is 464. The minimum Gasteiger partial charge on any atom is -0.396 e. The molecule has 1 heterocycles. The molecular weight excluding hydrogens is 250 g/mol. The molecule has 3 heteroatoms. The summed E-state index contributed by atoms with van der Waals surface area (Å²) < 4.78 is 0. The standard InChI is InChI=1S/C17H25NO2/c1-13-4-6-15(7-5-13)17(2,3)10-16(20)18-9-8-14(11-18)12-19/h4-7,14,19H,8-12H2,1-3H3. The quantitative estimate of drug-likeness (QED) is 0.917. The van der Waals surface area contributed by atoms with Gasteiger partial charge < -0.3 is 10.0 Å². The Balaban J connectivity index is 2.01. The number of aryl methyl sites for hydroxylation is 1. The highest BCUT2D eigenvalue weighted by molar-refractivity contribution is 5.78. The zero-order valence-corrected chi connectivity index (χ0v) is 12.7. The lowest BCUT2D eigenvalue weighted by atomic mass is 9.81. The van der Waals surface area contributed by atoms with E-state index >= 15 is 0 Å². The van der Waals surface area contributed by atoms with Crippen LogP contribution in [0, 0.1) is 12.8 Å². The first-order chi connectivity index (χ1) is 9.42. The lowest BCUT2D eigenvalue weighted by Gasteiger charge is -2.27. The van der Waals surface area contributed by atoms with Crippen LogP contribution in [0.25, 0.3) is 0 Å². The molecule has 20 heavy (non-hydrogen) atoms. The van der Waals surface area contributed by atoms with Crippen LogP contribution in [0.3, 0.4) is 0 Å². The molecule has 1 aliphatic rings. The van der Waals surface area contributed by atoms with Gasteiger partial charge in [0, 0.05) is 32.0 Å². The first-order valence-electron chi connectivity index (χ1n) is 7.38. The van der Waals surface area contributed by atoms with Crippen LogP contribution in [0.2, 0.25) is 0 Å². The van der Waals surface area contributed by atoms with E-state index in [0.717, 1.165) is 13.0 Å². The van der Waals surface area contributed by atoms with Gasteiger partial charge in [-0.3, -0.25) is 4.79 Å². The molecule has 1 saturated heterocycles. The number of hydrogen-bond acceptors (Lipinski definition) is 2. The van der Waals surface area contributed by atoms with E-state index in [2.05, 4.69) is 45.0 Å². The molecule has 1 aromatic carbocycles. The highest BCUT2D eigenvalue weighted by Crippen LogP contribution is 2.29. The van der Waals surface area contributed by atoms with Gasteiger partial charge in [0.15, 0.2) is 0 Å². The molecule has 0 bridgehead atoms. The van der Waals surface area contributed by atoms with Gasteiger partial charge in [-0.25, -0.2) is 0 Å². The number of carbonyl (C=O) groups is 1. The molecule has 3 nitrogen and oxygen atoms in total. The van der Waals surface area contributed by atoms with Crippen molar-refractivity contribution in [2.75, 3.05) is 19.7 Å². The second-order valence-corrected chi connectivity index (χ2v) is 6.60. The van der Waals surface area contributed by atoms with Crippen molar-refractivity contribution < 1.29 is 9.90 Å². The first-order valence-corrected chi connectivity index (χ1v) is 7.38. The van der Waals surface area contributed by atoms with Gasteiger partial charge >= 0.3 is 0 Å². The molecule has 0 spiro atoms. The van der Waals surface area contributed by atoms with Crippen molar-refractivity contribution in [3.8, 4) is 0 Å². The molecule has 1 amide bonds. The Kier molecular flexibility index (Phi) is 4.48. The van der Waals surface area contributed by atoms with Crippen LogP contribution < -0.4 is 0 Å². The molecule has 1 fully saturated rings. The summed E-state index contributed by atoms with van der Waals surface area (Å²) in [6.07, 6.45) is 1.45. The molecule has 2 rings (SSSR count). The SMILES string of the molecule is Cc1ccc(C(C)(C)CC(=O)N2CCC(CO)C2)cc1. The molecule has 0 aromatic heterocycles. The van der Waals surface area contributed by atoms with Gasteiger partial charge in [-0.05, 0) is 24.3 Å². The normalized spacial score (nSPS) is 19.4. The maximum Gasteiger partial charge on any atom is 0.223 e. The van der Waals surface area contributed by atoms with Crippen molar-refractivity contribution in [2.24, 2.45) is 5.92 Å². The first kappa shape index (κ1) is 15.0. The molecule has 110 valence electrons. The largest absolute Gasteiger partial charge is 0.396 e. The summed E-state index contributed by atoms with van der Waals surface area (Å²) in [5.41, 5.74) is 2.29. The molecule has 1 unspecified atom stereocenters. The van der Waals surface area contributed by atoms with Crippen LogP contribution in [-0.2, 0) is 10.2 Å². The summed E-state index contributed by atoms with van der Waals surface area (Å²) in [5, 5.41) is 9.16. The summed E-state index contributed by atoms with van der Waals surface area (Å²) in [4.78, 5) is 14.3. The molecule has 0 saturated carbocycles. The third-order valence-corrected chi connectivity index (χ3v) is 4.32. The number of carbonyl (C=O) groups excluding carboxylic acids is 1. The van der Waals surface area contributed by atoms with E-state index in [-0.39, 0.29) is 23.8 Å². The Morgan fingerprint density at radius 2 is 2.00 bits per heavy atom. The third-order valence-electron chi connectivity index (χ3n) is 4.32. The van der Waals surface area contributed by atoms with E-state index in [1.165, 1.54) is 11.1 Å². The summed E-state index contributed by atoms with van der Waals surface area (Å²) in [7, 11) is 0. The van der Waals surface area contributed by atoms with Crippen molar-refractivity contribution in [1.29, 1.82) is 0 Å². The van der Waals surface area contributed by atoms with Crippen molar-refractivity contribution in [2.45, 2.75) is 39.0 Å². The minimum absolute atomic E-state index is 0.151. The zero-order valence-electron chi connectivity index (χ0n) is 12.7. The highest BCUT2D eigenvalue weighted by atomic mass is 16.3. The van der Waals surface area contributed by atoms with Crippen LogP contribution in [-0.4, -0.2) is 35.6 Å². The van der Waals surface area contributed by atoms with Gasteiger partial charge in [0.05, 0.1) is 0 Å². The fourth-order valence-electron chi connectivity index (χ4n) is 2.80. The Hall–Kier alpha value is -1.35. The van der Waals surface area contributed by atoms with Gasteiger partial charge in [-0.15, -0.1) is 0 Å². The number of aliphatic hydroxyl groups excluding tert-OH is 1. The lowest BCUT2D eigenvalue weighted by Crippen LogP contribution is -2.34. The number of rotatable bonds is 4. The lowest BCUT2D eigenvalue weighted by molar-refractivity contribution is -0.131.